The first-order valence-electron chi connectivity index (χ1n) is 7.04. The highest BCUT2D eigenvalue weighted by atomic mass is 16.5. The third kappa shape index (κ3) is 3.79. The second-order valence-corrected chi connectivity index (χ2v) is 5.10. The highest BCUT2D eigenvalue weighted by molar-refractivity contribution is 5.83. The average molecular weight is 257 g/mol. The van der Waals surface area contributed by atoms with Crippen LogP contribution in [0.2, 0.25) is 0 Å². The number of fused-ring (bicyclic) bond motifs is 1. The van der Waals surface area contributed by atoms with Gasteiger partial charge in [-0.15, -0.1) is 0 Å². The third-order valence-electron chi connectivity index (χ3n) is 3.22. The number of hydrogen-bond acceptors (Lipinski definition) is 2. The molecule has 0 heterocycles. The van der Waals surface area contributed by atoms with Crippen molar-refractivity contribution in [3.8, 4) is 0 Å². The van der Waals surface area contributed by atoms with Gasteiger partial charge in [-0.25, -0.2) is 0 Å². The van der Waals surface area contributed by atoms with Gasteiger partial charge in [0.15, 0.2) is 0 Å². The van der Waals surface area contributed by atoms with E-state index in [9.17, 15) is 0 Å². The van der Waals surface area contributed by atoms with E-state index in [-0.39, 0.29) is 12.1 Å². The molecule has 0 aliphatic rings. The first-order valence-corrected chi connectivity index (χ1v) is 7.04. The van der Waals surface area contributed by atoms with E-state index in [1.165, 1.54) is 16.3 Å². The molecule has 1 N–H and O–H groups in total. The van der Waals surface area contributed by atoms with Crippen molar-refractivity contribution in [3.63, 3.8) is 0 Å². The van der Waals surface area contributed by atoms with E-state index >= 15 is 0 Å². The summed E-state index contributed by atoms with van der Waals surface area (Å²) in [5, 5.41) is 6.06. The first-order chi connectivity index (χ1) is 9.20. The lowest BCUT2D eigenvalue weighted by Gasteiger charge is -2.20. The normalized spacial score (nSPS) is 13.1. The summed E-state index contributed by atoms with van der Waals surface area (Å²) >= 11 is 0. The molecule has 102 valence electrons. The Morgan fingerprint density at radius 3 is 2.47 bits per heavy atom. The van der Waals surface area contributed by atoms with Gasteiger partial charge in [0.05, 0.1) is 18.8 Å². The van der Waals surface area contributed by atoms with Crippen LogP contribution in [0, 0.1) is 0 Å². The molecular weight excluding hydrogens is 234 g/mol. The number of nitrogens with one attached hydrogen (secondary N) is 1. The van der Waals surface area contributed by atoms with Crippen LogP contribution in [0.1, 0.15) is 32.4 Å². The number of benzene rings is 2. The van der Waals surface area contributed by atoms with Gasteiger partial charge in [0, 0.05) is 0 Å². The van der Waals surface area contributed by atoms with Gasteiger partial charge >= 0.3 is 0 Å². The minimum atomic E-state index is 0.261. The minimum Gasteiger partial charge on any atom is -0.377 e. The average Bonchev–Trinajstić information content (AvgIpc) is 2.42. The molecule has 0 spiro atoms. The van der Waals surface area contributed by atoms with Crippen LogP contribution in [-0.4, -0.2) is 19.3 Å². The molecule has 2 nitrogen and oxygen atoms in total. The summed E-state index contributed by atoms with van der Waals surface area (Å²) in [6, 6.07) is 15.4. The zero-order chi connectivity index (χ0) is 13.7. The summed E-state index contributed by atoms with van der Waals surface area (Å²) in [5.74, 6) is 0. The molecule has 0 bridgehead atoms. The van der Waals surface area contributed by atoms with Crippen LogP contribution in [0.25, 0.3) is 10.8 Å². The Hall–Kier alpha value is -1.38. The van der Waals surface area contributed by atoms with Gasteiger partial charge in [-0.1, -0.05) is 43.3 Å². The summed E-state index contributed by atoms with van der Waals surface area (Å²) in [6.45, 7) is 7.93. The monoisotopic (exact) mass is 257 g/mol. The molecule has 0 aliphatic heterocycles. The molecule has 1 unspecified atom stereocenters. The minimum absolute atomic E-state index is 0.261. The van der Waals surface area contributed by atoms with Crippen molar-refractivity contribution < 1.29 is 4.74 Å². The molecule has 0 aromatic heterocycles. The van der Waals surface area contributed by atoms with E-state index in [0.717, 1.165) is 6.54 Å². The zero-order valence-corrected chi connectivity index (χ0v) is 12.0. The largest absolute Gasteiger partial charge is 0.377 e. The standard InChI is InChI=1S/C17H23NO/c1-4-18-17(12-19-13(2)3)16-10-9-14-7-5-6-8-15(14)11-16/h5-11,13,17-18H,4,12H2,1-3H3. The summed E-state index contributed by atoms with van der Waals surface area (Å²) in [4.78, 5) is 0. The fourth-order valence-corrected chi connectivity index (χ4v) is 2.23. The summed E-state index contributed by atoms with van der Waals surface area (Å²) < 4.78 is 5.76. The van der Waals surface area contributed by atoms with Crippen molar-refractivity contribution in [2.24, 2.45) is 0 Å². The fraction of sp³-hybridized carbons (Fsp3) is 0.412. The second kappa shape index (κ2) is 6.69. The van der Waals surface area contributed by atoms with Crippen LogP contribution in [0.4, 0.5) is 0 Å². The smallest absolute Gasteiger partial charge is 0.0664 e. The maximum Gasteiger partial charge on any atom is 0.0664 e. The Labute approximate surface area is 115 Å². The molecule has 1 atom stereocenters. The zero-order valence-electron chi connectivity index (χ0n) is 12.0. The molecule has 2 aromatic rings. The number of rotatable bonds is 6. The summed E-state index contributed by atoms with van der Waals surface area (Å²) in [7, 11) is 0. The Morgan fingerprint density at radius 1 is 1.05 bits per heavy atom. The van der Waals surface area contributed by atoms with Crippen molar-refractivity contribution in [2.75, 3.05) is 13.2 Å². The SMILES string of the molecule is CCNC(COC(C)C)c1ccc2ccccc2c1. The Balaban J connectivity index is 2.22. The molecule has 2 aromatic carbocycles. The van der Waals surface area contributed by atoms with Crippen LogP contribution in [0.3, 0.4) is 0 Å². The van der Waals surface area contributed by atoms with Gasteiger partial charge in [0.1, 0.15) is 0 Å². The quantitative estimate of drug-likeness (QED) is 0.847. The third-order valence-corrected chi connectivity index (χ3v) is 3.22. The van der Waals surface area contributed by atoms with E-state index < -0.39 is 0 Å². The van der Waals surface area contributed by atoms with Gasteiger partial charge in [-0.05, 0) is 42.8 Å². The van der Waals surface area contributed by atoms with Gasteiger partial charge in [-0.3, -0.25) is 0 Å². The van der Waals surface area contributed by atoms with E-state index in [2.05, 4.69) is 68.6 Å². The van der Waals surface area contributed by atoms with Gasteiger partial charge in [-0.2, -0.15) is 0 Å². The van der Waals surface area contributed by atoms with Crippen LogP contribution >= 0.6 is 0 Å². The van der Waals surface area contributed by atoms with Crippen molar-refractivity contribution in [3.05, 3.63) is 48.0 Å². The Bertz CT molecular complexity index is 521. The van der Waals surface area contributed by atoms with Crippen LogP contribution in [0.15, 0.2) is 42.5 Å². The maximum absolute atomic E-state index is 5.76. The van der Waals surface area contributed by atoms with Crippen molar-refractivity contribution in [2.45, 2.75) is 32.9 Å². The van der Waals surface area contributed by atoms with Gasteiger partial charge in [0.2, 0.25) is 0 Å². The van der Waals surface area contributed by atoms with Crippen LogP contribution in [-0.2, 0) is 4.74 Å². The lowest BCUT2D eigenvalue weighted by molar-refractivity contribution is 0.0614. The van der Waals surface area contributed by atoms with Crippen LogP contribution < -0.4 is 5.32 Å². The first kappa shape index (κ1) is 14.0. The number of ether oxygens (including phenoxy) is 1. The molecule has 2 heteroatoms. The highest BCUT2D eigenvalue weighted by Crippen LogP contribution is 2.21. The molecule has 0 amide bonds. The topological polar surface area (TPSA) is 21.3 Å². The van der Waals surface area contributed by atoms with Crippen molar-refractivity contribution in [1.82, 2.24) is 5.32 Å². The van der Waals surface area contributed by atoms with Gasteiger partial charge < -0.3 is 10.1 Å². The maximum atomic E-state index is 5.76. The highest BCUT2D eigenvalue weighted by Gasteiger charge is 2.11. The van der Waals surface area contributed by atoms with Crippen LogP contribution in [0.5, 0.6) is 0 Å². The lowest BCUT2D eigenvalue weighted by Crippen LogP contribution is -2.26. The van der Waals surface area contributed by atoms with Crippen molar-refractivity contribution in [1.29, 1.82) is 0 Å². The number of hydrogen-bond donors (Lipinski definition) is 1. The predicted octanol–water partition coefficient (Wildman–Crippen LogP) is 3.92. The summed E-state index contributed by atoms with van der Waals surface area (Å²) in [5.41, 5.74) is 1.29. The van der Waals surface area contributed by atoms with Gasteiger partial charge in [0.25, 0.3) is 0 Å². The van der Waals surface area contributed by atoms with E-state index in [1.54, 1.807) is 0 Å². The molecule has 0 fully saturated rings. The summed E-state index contributed by atoms with van der Waals surface area (Å²) in [6.07, 6.45) is 0.265. The Kier molecular flexibility index (Phi) is 4.94. The van der Waals surface area contributed by atoms with Crippen molar-refractivity contribution >= 4 is 10.8 Å². The molecular formula is C17H23NO. The van der Waals surface area contributed by atoms with E-state index in [1.807, 2.05) is 0 Å². The number of likely N-dealkylation sites (N-methyl/N-ethyl adjacent to an activating group) is 1. The van der Waals surface area contributed by atoms with E-state index in [4.69, 9.17) is 4.74 Å². The molecule has 0 radical (unpaired) electrons. The molecule has 0 aliphatic carbocycles. The second-order valence-electron chi connectivity index (χ2n) is 5.10. The Morgan fingerprint density at radius 2 is 1.79 bits per heavy atom. The molecule has 0 saturated carbocycles. The lowest BCUT2D eigenvalue weighted by atomic mass is 10.0. The molecule has 0 saturated heterocycles. The predicted molar refractivity (Wildman–Crippen MR) is 81.5 cm³/mol. The van der Waals surface area contributed by atoms with E-state index in [0.29, 0.717) is 6.61 Å². The molecule has 19 heavy (non-hydrogen) atoms. The molecule has 2 rings (SSSR count). The fourth-order valence-electron chi connectivity index (χ4n) is 2.23.